The lowest BCUT2D eigenvalue weighted by Gasteiger charge is -2.15. The van der Waals surface area contributed by atoms with Gasteiger partial charge in [-0.1, -0.05) is 48.5 Å². The maximum atomic E-state index is 13.7. The monoisotopic (exact) mass is 430 g/mol. The van der Waals surface area contributed by atoms with E-state index >= 15 is 0 Å². The topological polar surface area (TPSA) is 58.6 Å². The van der Waals surface area contributed by atoms with Crippen molar-refractivity contribution in [3.05, 3.63) is 102 Å². The highest BCUT2D eigenvalue weighted by atomic mass is 19.1. The molecule has 0 atom stereocenters. The Bertz CT molecular complexity index is 1170. The van der Waals surface area contributed by atoms with Crippen molar-refractivity contribution >= 4 is 23.1 Å². The molecule has 0 saturated heterocycles. The molecular weight excluding hydrogens is 407 g/mol. The molecule has 2 amide bonds. The minimum absolute atomic E-state index is 0.0151. The Labute approximate surface area is 186 Å². The van der Waals surface area contributed by atoms with Crippen molar-refractivity contribution in [3.8, 4) is 5.75 Å². The Morgan fingerprint density at radius 1 is 0.906 bits per heavy atom. The lowest BCUT2D eigenvalue weighted by molar-refractivity contribution is -0.137. The van der Waals surface area contributed by atoms with Crippen molar-refractivity contribution in [3.63, 3.8) is 0 Å². The largest absolute Gasteiger partial charge is 0.491 e. The number of anilines is 1. The van der Waals surface area contributed by atoms with E-state index < -0.39 is 17.6 Å². The van der Waals surface area contributed by atoms with E-state index in [2.05, 4.69) is 5.32 Å². The van der Waals surface area contributed by atoms with E-state index in [0.717, 1.165) is 5.56 Å². The van der Waals surface area contributed by atoms with Gasteiger partial charge in [0, 0.05) is 5.69 Å². The number of rotatable bonds is 7. The van der Waals surface area contributed by atoms with Crippen LogP contribution in [0, 0.1) is 5.82 Å². The van der Waals surface area contributed by atoms with E-state index in [4.69, 9.17) is 4.74 Å². The SMILES string of the molecule is CC(C)Oc1ccc(C2=C(Nc3cccc(F)c3)C(=O)N(Cc3ccccc3)C2=O)cc1. The van der Waals surface area contributed by atoms with Gasteiger partial charge in [0.05, 0.1) is 18.2 Å². The third-order valence-corrected chi connectivity index (χ3v) is 4.96. The summed E-state index contributed by atoms with van der Waals surface area (Å²) in [5, 5.41) is 2.97. The fourth-order valence-electron chi connectivity index (χ4n) is 3.55. The lowest BCUT2D eigenvalue weighted by Crippen LogP contribution is -2.31. The first kappa shape index (κ1) is 21.3. The minimum Gasteiger partial charge on any atom is -0.491 e. The van der Waals surface area contributed by atoms with Gasteiger partial charge in [-0.25, -0.2) is 4.39 Å². The Kier molecular flexibility index (Phi) is 6.03. The van der Waals surface area contributed by atoms with Crippen LogP contribution in [-0.2, 0) is 16.1 Å². The second-order valence-electron chi connectivity index (χ2n) is 7.76. The molecule has 6 heteroatoms. The van der Waals surface area contributed by atoms with Gasteiger partial charge in [-0.15, -0.1) is 0 Å². The van der Waals surface area contributed by atoms with E-state index in [0.29, 0.717) is 17.0 Å². The second kappa shape index (κ2) is 9.06. The highest BCUT2D eigenvalue weighted by Gasteiger charge is 2.39. The van der Waals surface area contributed by atoms with Gasteiger partial charge >= 0.3 is 0 Å². The van der Waals surface area contributed by atoms with Gasteiger partial charge in [0.2, 0.25) is 0 Å². The molecule has 0 saturated carbocycles. The number of imide groups is 1. The van der Waals surface area contributed by atoms with E-state index in [9.17, 15) is 14.0 Å². The van der Waals surface area contributed by atoms with Crippen LogP contribution in [0.3, 0.4) is 0 Å². The van der Waals surface area contributed by atoms with Crippen molar-refractivity contribution in [1.29, 1.82) is 0 Å². The van der Waals surface area contributed by atoms with E-state index in [1.54, 1.807) is 36.4 Å². The van der Waals surface area contributed by atoms with E-state index in [1.165, 1.54) is 17.0 Å². The van der Waals surface area contributed by atoms with Crippen LogP contribution < -0.4 is 10.1 Å². The number of benzene rings is 3. The molecule has 1 aliphatic rings. The molecule has 0 aliphatic carbocycles. The highest BCUT2D eigenvalue weighted by molar-refractivity contribution is 6.36. The first-order chi connectivity index (χ1) is 15.4. The molecule has 0 aromatic heterocycles. The number of carbonyl (C=O) groups excluding carboxylic acids is 2. The van der Waals surface area contributed by atoms with Crippen LogP contribution in [0.15, 0.2) is 84.6 Å². The molecule has 162 valence electrons. The van der Waals surface area contributed by atoms with Crippen LogP contribution in [0.4, 0.5) is 10.1 Å². The molecule has 3 aromatic carbocycles. The molecular formula is C26H23FN2O3. The van der Waals surface area contributed by atoms with Crippen molar-refractivity contribution < 1.29 is 18.7 Å². The van der Waals surface area contributed by atoms with Crippen LogP contribution in [0.25, 0.3) is 5.57 Å². The molecule has 0 spiro atoms. The smallest absolute Gasteiger partial charge is 0.278 e. The van der Waals surface area contributed by atoms with Crippen molar-refractivity contribution in [2.75, 3.05) is 5.32 Å². The summed E-state index contributed by atoms with van der Waals surface area (Å²) >= 11 is 0. The molecule has 0 fully saturated rings. The first-order valence-corrected chi connectivity index (χ1v) is 10.4. The summed E-state index contributed by atoms with van der Waals surface area (Å²) in [5.41, 5.74) is 2.16. The number of hydrogen-bond donors (Lipinski definition) is 1. The number of ether oxygens (including phenoxy) is 1. The molecule has 0 bridgehead atoms. The zero-order valence-corrected chi connectivity index (χ0v) is 17.8. The number of hydrogen-bond acceptors (Lipinski definition) is 4. The summed E-state index contributed by atoms with van der Waals surface area (Å²) in [4.78, 5) is 27.8. The van der Waals surface area contributed by atoms with Gasteiger partial charge in [-0.3, -0.25) is 14.5 Å². The molecule has 32 heavy (non-hydrogen) atoms. The fourth-order valence-corrected chi connectivity index (χ4v) is 3.55. The molecule has 1 heterocycles. The number of halogens is 1. The number of nitrogens with zero attached hydrogens (tertiary/aromatic N) is 1. The quantitative estimate of drug-likeness (QED) is 0.536. The number of amides is 2. The summed E-state index contributed by atoms with van der Waals surface area (Å²) in [6, 6.07) is 22.1. The Balaban J connectivity index is 1.72. The second-order valence-corrected chi connectivity index (χ2v) is 7.76. The average Bonchev–Trinajstić information content (AvgIpc) is 2.99. The standard InChI is InChI=1S/C26H23FN2O3/c1-17(2)32-22-13-11-19(12-14-22)23-24(28-21-10-6-9-20(27)15-21)26(31)29(25(23)30)16-18-7-4-3-5-8-18/h3-15,17,28H,16H2,1-2H3. The maximum absolute atomic E-state index is 13.7. The van der Waals surface area contributed by atoms with Crippen LogP contribution in [0.1, 0.15) is 25.0 Å². The summed E-state index contributed by atoms with van der Waals surface area (Å²) in [6.07, 6.45) is 0.0151. The predicted molar refractivity (Wildman–Crippen MR) is 121 cm³/mol. The highest BCUT2D eigenvalue weighted by Crippen LogP contribution is 2.32. The zero-order chi connectivity index (χ0) is 22.7. The summed E-state index contributed by atoms with van der Waals surface area (Å²) in [7, 11) is 0. The van der Waals surface area contributed by atoms with Gasteiger partial charge in [0.1, 0.15) is 17.3 Å². The van der Waals surface area contributed by atoms with Gasteiger partial charge in [-0.2, -0.15) is 0 Å². The summed E-state index contributed by atoms with van der Waals surface area (Å²) < 4.78 is 19.4. The molecule has 0 radical (unpaired) electrons. The average molecular weight is 430 g/mol. The van der Waals surface area contributed by atoms with Crippen LogP contribution in [-0.4, -0.2) is 22.8 Å². The molecule has 1 N–H and O–H groups in total. The Hall–Kier alpha value is -3.93. The van der Waals surface area contributed by atoms with Crippen molar-refractivity contribution in [2.45, 2.75) is 26.5 Å². The fraction of sp³-hybridized carbons (Fsp3) is 0.154. The normalized spacial score (nSPS) is 13.8. The Morgan fingerprint density at radius 3 is 2.28 bits per heavy atom. The van der Waals surface area contributed by atoms with Crippen LogP contribution >= 0.6 is 0 Å². The van der Waals surface area contributed by atoms with Gasteiger partial charge in [-0.05, 0) is 55.3 Å². The van der Waals surface area contributed by atoms with Crippen LogP contribution in [0.5, 0.6) is 5.75 Å². The maximum Gasteiger partial charge on any atom is 0.278 e. The van der Waals surface area contributed by atoms with Gasteiger partial charge in [0.15, 0.2) is 0 Å². The van der Waals surface area contributed by atoms with Gasteiger partial charge < -0.3 is 10.1 Å². The summed E-state index contributed by atoms with van der Waals surface area (Å²) in [6.45, 7) is 4.00. The van der Waals surface area contributed by atoms with E-state index in [-0.39, 0.29) is 23.9 Å². The molecule has 0 unspecified atom stereocenters. The van der Waals surface area contributed by atoms with Crippen molar-refractivity contribution in [1.82, 2.24) is 4.90 Å². The molecule has 4 rings (SSSR count). The first-order valence-electron chi connectivity index (χ1n) is 10.4. The molecule has 5 nitrogen and oxygen atoms in total. The summed E-state index contributed by atoms with van der Waals surface area (Å²) in [5.74, 6) is -0.636. The predicted octanol–water partition coefficient (Wildman–Crippen LogP) is 5.01. The third-order valence-electron chi connectivity index (χ3n) is 4.96. The Morgan fingerprint density at radius 2 is 1.62 bits per heavy atom. The molecule has 3 aromatic rings. The zero-order valence-electron chi connectivity index (χ0n) is 17.8. The lowest BCUT2D eigenvalue weighted by atomic mass is 10.0. The van der Waals surface area contributed by atoms with Crippen molar-refractivity contribution in [2.24, 2.45) is 0 Å². The van der Waals surface area contributed by atoms with E-state index in [1.807, 2.05) is 44.2 Å². The number of carbonyl (C=O) groups is 2. The minimum atomic E-state index is -0.458. The van der Waals surface area contributed by atoms with Gasteiger partial charge in [0.25, 0.3) is 11.8 Å². The third kappa shape index (κ3) is 4.54. The number of nitrogens with one attached hydrogen (secondary N) is 1. The molecule has 1 aliphatic heterocycles. The van der Waals surface area contributed by atoms with Crippen LogP contribution in [0.2, 0.25) is 0 Å².